The van der Waals surface area contributed by atoms with Crippen LogP contribution in [0.15, 0.2) is 0 Å². The lowest BCUT2D eigenvalue weighted by Crippen LogP contribution is -2.42. The molecule has 0 radical (unpaired) electrons. The highest BCUT2D eigenvalue weighted by Gasteiger charge is 2.25. The van der Waals surface area contributed by atoms with Crippen LogP contribution in [0.25, 0.3) is 0 Å². The van der Waals surface area contributed by atoms with Crippen LogP contribution in [0, 0.1) is 5.41 Å². The number of hydrogen-bond donors (Lipinski definition) is 2. The highest BCUT2D eigenvalue weighted by molar-refractivity contribution is 7.99. The van der Waals surface area contributed by atoms with E-state index in [1.807, 2.05) is 11.8 Å². The van der Waals surface area contributed by atoms with Gasteiger partial charge in [0.05, 0.1) is 0 Å². The Balaban J connectivity index is 2.29. The first-order valence-electron chi connectivity index (χ1n) is 5.52. The molecule has 1 rings (SSSR count). The predicted molar refractivity (Wildman–Crippen MR) is 65.9 cm³/mol. The van der Waals surface area contributed by atoms with E-state index in [9.17, 15) is 4.79 Å². The van der Waals surface area contributed by atoms with Crippen molar-refractivity contribution in [2.24, 2.45) is 11.1 Å². The van der Waals surface area contributed by atoms with E-state index in [-0.39, 0.29) is 17.4 Å². The number of carbonyl (C=O) groups excluding carboxylic acids is 1. The third-order valence-electron chi connectivity index (χ3n) is 2.81. The Morgan fingerprint density at radius 2 is 2.27 bits per heavy atom. The minimum Gasteiger partial charge on any atom is -0.352 e. The molecule has 1 aliphatic rings. The van der Waals surface area contributed by atoms with Gasteiger partial charge in [0.25, 0.3) is 0 Å². The number of thioether (sulfide) groups is 1. The number of amides is 1. The smallest absolute Gasteiger partial charge is 0.221 e. The van der Waals surface area contributed by atoms with Gasteiger partial charge in [0.2, 0.25) is 5.91 Å². The maximum absolute atomic E-state index is 11.7. The molecule has 0 aliphatic carbocycles. The van der Waals surface area contributed by atoms with Gasteiger partial charge in [0.15, 0.2) is 0 Å². The van der Waals surface area contributed by atoms with E-state index in [0.717, 1.165) is 17.9 Å². The van der Waals surface area contributed by atoms with Crippen molar-refractivity contribution in [2.75, 3.05) is 11.5 Å². The Labute approximate surface area is 96.6 Å². The highest BCUT2D eigenvalue weighted by Crippen LogP contribution is 2.20. The molecule has 1 heterocycles. The average molecular weight is 230 g/mol. The summed E-state index contributed by atoms with van der Waals surface area (Å²) >= 11 is 1.90. The minimum atomic E-state index is -0.0634. The first-order valence-corrected chi connectivity index (χ1v) is 6.68. The molecule has 88 valence electrons. The Bertz CT molecular complexity index is 219. The molecule has 1 aliphatic heterocycles. The third-order valence-corrected chi connectivity index (χ3v) is 3.97. The van der Waals surface area contributed by atoms with Crippen LogP contribution in [-0.2, 0) is 4.79 Å². The van der Waals surface area contributed by atoms with Gasteiger partial charge in [0.1, 0.15) is 0 Å². The molecule has 0 bridgehead atoms. The summed E-state index contributed by atoms with van der Waals surface area (Å²) in [5.74, 6) is 2.32. The van der Waals surface area contributed by atoms with Crippen molar-refractivity contribution in [1.82, 2.24) is 5.32 Å². The number of nitrogens with two attached hydrogens (primary N) is 1. The lowest BCUT2D eigenvalue weighted by atomic mass is 9.85. The van der Waals surface area contributed by atoms with Crippen molar-refractivity contribution >= 4 is 17.7 Å². The molecule has 0 saturated carbocycles. The number of carbonyl (C=O) groups is 1. The molecule has 4 heteroatoms. The fourth-order valence-corrected chi connectivity index (χ4v) is 2.59. The molecule has 1 amide bonds. The van der Waals surface area contributed by atoms with Gasteiger partial charge >= 0.3 is 0 Å². The Morgan fingerprint density at radius 3 is 2.73 bits per heavy atom. The molecule has 1 fully saturated rings. The van der Waals surface area contributed by atoms with E-state index in [1.54, 1.807) is 0 Å². The Hall–Kier alpha value is -0.220. The van der Waals surface area contributed by atoms with Crippen molar-refractivity contribution in [2.45, 2.75) is 45.7 Å². The monoisotopic (exact) mass is 230 g/mol. The maximum atomic E-state index is 11.7. The van der Waals surface area contributed by atoms with E-state index in [1.165, 1.54) is 0 Å². The number of nitrogens with one attached hydrogen (secondary N) is 1. The summed E-state index contributed by atoms with van der Waals surface area (Å²) in [5, 5.41) is 3.04. The molecule has 1 saturated heterocycles. The minimum absolute atomic E-state index is 0.00175. The van der Waals surface area contributed by atoms with Gasteiger partial charge in [0, 0.05) is 24.3 Å². The van der Waals surface area contributed by atoms with E-state index >= 15 is 0 Å². The fourth-order valence-electron chi connectivity index (χ4n) is 1.44. The second-order valence-electron chi connectivity index (χ2n) is 5.30. The summed E-state index contributed by atoms with van der Waals surface area (Å²) in [7, 11) is 0. The first kappa shape index (κ1) is 12.8. The van der Waals surface area contributed by atoms with E-state index < -0.39 is 0 Å². The van der Waals surface area contributed by atoms with Gasteiger partial charge in [-0.1, -0.05) is 20.8 Å². The summed E-state index contributed by atoms with van der Waals surface area (Å²) in [6.45, 7) is 6.20. The van der Waals surface area contributed by atoms with Gasteiger partial charge in [-0.15, -0.1) is 0 Å². The average Bonchev–Trinajstić information content (AvgIpc) is 2.54. The molecule has 2 atom stereocenters. The fraction of sp³-hybridized carbons (Fsp3) is 0.909. The zero-order chi connectivity index (χ0) is 11.5. The summed E-state index contributed by atoms with van der Waals surface area (Å²) in [4.78, 5) is 11.7. The summed E-state index contributed by atoms with van der Waals surface area (Å²) in [5.41, 5.74) is 5.96. The number of rotatable bonds is 3. The molecule has 0 aromatic heterocycles. The normalized spacial score (nSPS) is 23.9. The van der Waals surface area contributed by atoms with Crippen molar-refractivity contribution in [3.05, 3.63) is 0 Å². The van der Waals surface area contributed by atoms with Crippen molar-refractivity contribution in [3.8, 4) is 0 Å². The van der Waals surface area contributed by atoms with Crippen LogP contribution >= 0.6 is 11.8 Å². The second-order valence-corrected chi connectivity index (χ2v) is 6.45. The standard InChI is InChI=1S/C11H22N2OS/c1-11(2,3)9(12)6-10(14)13-8-4-5-15-7-8/h8-9H,4-7,12H2,1-3H3,(H,13,14). The van der Waals surface area contributed by atoms with Crippen LogP contribution in [-0.4, -0.2) is 29.5 Å². The van der Waals surface area contributed by atoms with E-state index in [0.29, 0.717) is 12.5 Å². The summed E-state index contributed by atoms with van der Waals surface area (Å²) in [6, 6.07) is 0.307. The van der Waals surface area contributed by atoms with Crippen LogP contribution < -0.4 is 11.1 Å². The molecule has 3 N–H and O–H groups in total. The molecule has 3 nitrogen and oxygen atoms in total. The van der Waals surface area contributed by atoms with Gasteiger partial charge in [-0.25, -0.2) is 0 Å². The Morgan fingerprint density at radius 1 is 1.60 bits per heavy atom. The van der Waals surface area contributed by atoms with Gasteiger partial charge in [-0.3, -0.25) is 4.79 Å². The number of hydrogen-bond acceptors (Lipinski definition) is 3. The third kappa shape index (κ3) is 4.43. The molecule has 15 heavy (non-hydrogen) atoms. The molecule has 0 spiro atoms. The zero-order valence-electron chi connectivity index (χ0n) is 9.88. The van der Waals surface area contributed by atoms with Crippen LogP contribution in [0.3, 0.4) is 0 Å². The highest BCUT2D eigenvalue weighted by atomic mass is 32.2. The molecule has 2 unspecified atom stereocenters. The van der Waals surface area contributed by atoms with Gasteiger partial charge < -0.3 is 11.1 Å². The molecule has 0 aromatic carbocycles. The maximum Gasteiger partial charge on any atom is 0.221 e. The molecule has 0 aromatic rings. The summed E-state index contributed by atoms with van der Waals surface area (Å²) in [6.07, 6.45) is 1.53. The van der Waals surface area contributed by atoms with Crippen LogP contribution in [0.1, 0.15) is 33.6 Å². The second kappa shape index (κ2) is 5.21. The largest absolute Gasteiger partial charge is 0.352 e. The molecular weight excluding hydrogens is 208 g/mol. The summed E-state index contributed by atoms with van der Waals surface area (Å²) < 4.78 is 0. The topological polar surface area (TPSA) is 55.1 Å². The SMILES string of the molecule is CC(C)(C)C(N)CC(=O)NC1CCSC1. The van der Waals surface area contributed by atoms with Crippen LogP contribution in [0.2, 0.25) is 0 Å². The zero-order valence-corrected chi connectivity index (χ0v) is 10.7. The van der Waals surface area contributed by atoms with Crippen molar-refractivity contribution < 1.29 is 4.79 Å². The quantitative estimate of drug-likeness (QED) is 0.770. The first-order chi connectivity index (χ1) is 6.89. The lowest BCUT2D eigenvalue weighted by molar-refractivity contribution is -0.122. The Kier molecular flexibility index (Phi) is 4.46. The molecular formula is C11H22N2OS. The lowest BCUT2D eigenvalue weighted by Gasteiger charge is -2.26. The van der Waals surface area contributed by atoms with E-state index in [4.69, 9.17) is 5.73 Å². The van der Waals surface area contributed by atoms with E-state index in [2.05, 4.69) is 26.1 Å². The van der Waals surface area contributed by atoms with Crippen LogP contribution in [0.4, 0.5) is 0 Å². The van der Waals surface area contributed by atoms with Crippen LogP contribution in [0.5, 0.6) is 0 Å². The van der Waals surface area contributed by atoms with Gasteiger partial charge in [-0.2, -0.15) is 11.8 Å². The predicted octanol–water partition coefficient (Wildman–Crippen LogP) is 1.37. The van der Waals surface area contributed by atoms with Crippen molar-refractivity contribution in [1.29, 1.82) is 0 Å². The van der Waals surface area contributed by atoms with Crippen molar-refractivity contribution in [3.63, 3.8) is 0 Å². The van der Waals surface area contributed by atoms with Gasteiger partial charge in [-0.05, 0) is 17.6 Å².